The van der Waals surface area contributed by atoms with Crippen LogP contribution in [-0.4, -0.2) is 19.0 Å². The summed E-state index contributed by atoms with van der Waals surface area (Å²) in [6, 6.07) is 18.6. The van der Waals surface area contributed by atoms with Crippen LogP contribution >= 0.6 is 0 Å². The summed E-state index contributed by atoms with van der Waals surface area (Å²) in [6.45, 7) is 3.84. The van der Waals surface area contributed by atoms with Gasteiger partial charge in [-0.1, -0.05) is 30.3 Å². The van der Waals surface area contributed by atoms with Crippen molar-refractivity contribution in [2.75, 3.05) is 12.4 Å². The molecular weight excluding hydrogens is 406 g/mol. The molecular formula is C26H21NO5. The molecule has 0 fully saturated rings. The lowest BCUT2D eigenvalue weighted by Gasteiger charge is -2.10. The zero-order chi connectivity index (χ0) is 22.8. The molecule has 6 nitrogen and oxygen atoms in total. The van der Waals surface area contributed by atoms with Crippen LogP contribution in [0.2, 0.25) is 0 Å². The van der Waals surface area contributed by atoms with E-state index < -0.39 is 5.97 Å². The highest BCUT2D eigenvalue weighted by atomic mass is 16.5. The molecule has 160 valence electrons. The molecule has 1 N–H and O–H groups in total. The Hall–Kier alpha value is -4.19. The van der Waals surface area contributed by atoms with E-state index in [4.69, 9.17) is 9.15 Å². The molecule has 0 spiro atoms. The molecule has 1 aromatic heterocycles. The van der Waals surface area contributed by atoms with Crippen molar-refractivity contribution in [1.82, 2.24) is 0 Å². The Balaban J connectivity index is 1.62. The fourth-order valence-corrected chi connectivity index (χ4v) is 3.61. The summed E-state index contributed by atoms with van der Waals surface area (Å²) in [7, 11) is 1.29. The van der Waals surface area contributed by atoms with Gasteiger partial charge in [-0.2, -0.15) is 0 Å². The summed E-state index contributed by atoms with van der Waals surface area (Å²) in [4.78, 5) is 37.2. The highest BCUT2D eigenvalue weighted by molar-refractivity contribution is 6.08. The molecule has 0 radical (unpaired) electrons. The average Bonchev–Trinajstić information content (AvgIpc) is 2.79. The zero-order valence-electron chi connectivity index (χ0n) is 17.9. The number of carbonyl (C=O) groups is 2. The second-order valence-corrected chi connectivity index (χ2v) is 7.50. The van der Waals surface area contributed by atoms with E-state index in [1.807, 2.05) is 26.0 Å². The Morgan fingerprint density at radius 2 is 1.66 bits per heavy atom. The van der Waals surface area contributed by atoms with Crippen LogP contribution in [0.4, 0.5) is 5.69 Å². The zero-order valence-corrected chi connectivity index (χ0v) is 17.9. The predicted molar refractivity (Wildman–Crippen MR) is 123 cm³/mol. The van der Waals surface area contributed by atoms with Crippen molar-refractivity contribution in [3.63, 3.8) is 0 Å². The number of benzene rings is 3. The van der Waals surface area contributed by atoms with Crippen molar-refractivity contribution in [2.45, 2.75) is 13.8 Å². The van der Waals surface area contributed by atoms with Crippen molar-refractivity contribution < 1.29 is 18.7 Å². The molecule has 3 aromatic carbocycles. The number of carbonyl (C=O) groups excluding carboxylic acids is 2. The molecule has 0 unspecified atom stereocenters. The summed E-state index contributed by atoms with van der Waals surface area (Å²) < 4.78 is 10.8. The maximum absolute atomic E-state index is 12.7. The molecule has 1 amide bonds. The lowest BCUT2D eigenvalue weighted by Crippen LogP contribution is -2.15. The van der Waals surface area contributed by atoms with Crippen LogP contribution < -0.4 is 10.7 Å². The Morgan fingerprint density at radius 1 is 0.938 bits per heavy atom. The fourth-order valence-electron chi connectivity index (χ4n) is 3.61. The van der Waals surface area contributed by atoms with Crippen LogP contribution in [0, 0.1) is 13.8 Å². The fraction of sp³-hybridized carbons (Fsp3) is 0.115. The van der Waals surface area contributed by atoms with E-state index in [1.165, 1.54) is 13.2 Å². The van der Waals surface area contributed by atoms with Crippen molar-refractivity contribution in [3.05, 3.63) is 99.2 Å². The first-order valence-corrected chi connectivity index (χ1v) is 10.0. The van der Waals surface area contributed by atoms with Gasteiger partial charge in [-0.3, -0.25) is 9.59 Å². The summed E-state index contributed by atoms with van der Waals surface area (Å²) in [6.07, 6.45) is 0. The number of amides is 1. The standard InChI is InChI=1S/C26H21NO5/c1-15-12-16(2)24-20(13-15)22(28)14-23(32-24)17-8-10-18(11-9-17)25(29)27-21-7-5-4-6-19(21)26(30)31-3/h4-14H,1-3H3,(H,27,29). The molecule has 0 aliphatic carbocycles. The quantitative estimate of drug-likeness (QED) is 0.457. The van der Waals surface area contributed by atoms with Crippen LogP contribution in [0.15, 0.2) is 75.9 Å². The van der Waals surface area contributed by atoms with E-state index in [-0.39, 0.29) is 16.9 Å². The monoisotopic (exact) mass is 427 g/mol. The summed E-state index contributed by atoms with van der Waals surface area (Å²) in [5.41, 5.74) is 4.02. The number of methoxy groups -OCH3 is 1. The van der Waals surface area contributed by atoms with Gasteiger partial charge in [0, 0.05) is 17.2 Å². The highest BCUT2D eigenvalue weighted by Gasteiger charge is 2.15. The summed E-state index contributed by atoms with van der Waals surface area (Å²) >= 11 is 0. The largest absolute Gasteiger partial charge is 0.465 e. The maximum atomic E-state index is 12.7. The van der Waals surface area contributed by atoms with E-state index in [2.05, 4.69) is 5.32 Å². The molecule has 32 heavy (non-hydrogen) atoms. The number of hydrogen-bond acceptors (Lipinski definition) is 5. The SMILES string of the molecule is COC(=O)c1ccccc1NC(=O)c1ccc(-c2cc(=O)c3cc(C)cc(C)c3o2)cc1. The number of esters is 1. The Labute approximate surface area is 184 Å². The Bertz CT molecular complexity index is 1400. The van der Waals surface area contributed by atoms with E-state index >= 15 is 0 Å². The van der Waals surface area contributed by atoms with Gasteiger partial charge in [-0.15, -0.1) is 0 Å². The molecule has 0 saturated heterocycles. The number of anilines is 1. The maximum Gasteiger partial charge on any atom is 0.339 e. The molecule has 0 bridgehead atoms. The smallest absolute Gasteiger partial charge is 0.339 e. The number of aryl methyl sites for hydroxylation is 2. The van der Waals surface area contributed by atoms with Crippen molar-refractivity contribution >= 4 is 28.5 Å². The van der Waals surface area contributed by atoms with Gasteiger partial charge in [-0.25, -0.2) is 4.79 Å². The third-order valence-corrected chi connectivity index (χ3v) is 5.17. The van der Waals surface area contributed by atoms with Crippen LogP contribution in [0.3, 0.4) is 0 Å². The van der Waals surface area contributed by atoms with Crippen LogP contribution in [0.1, 0.15) is 31.8 Å². The highest BCUT2D eigenvalue weighted by Crippen LogP contribution is 2.26. The van der Waals surface area contributed by atoms with E-state index in [0.717, 1.165) is 11.1 Å². The molecule has 0 saturated carbocycles. The minimum atomic E-state index is -0.534. The van der Waals surface area contributed by atoms with Crippen LogP contribution in [0.25, 0.3) is 22.3 Å². The minimum Gasteiger partial charge on any atom is -0.465 e. The molecule has 6 heteroatoms. The van der Waals surface area contributed by atoms with Crippen molar-refractivity contribution in [3.8, 4) is 11.3 Å². The number of nitrogens with one attached hydrogen (secondary N) is 1. The number of para-hydroxylation sites is 1. The predicted octanol–water partition coefficient (Wildman–Crippen LogP) is 5.12. The Kier molecular flexibility index (Phi) is 5.60. The Morgan fingerprint density at radius 3 is 2.38 bits per heavy atom. The molecule has 0 atom stereocenters. The summed E-state index contributed by atoms with van der Waals surface area (Å²) in [5, 5.41) is 3.28. The van der Waals surface area contributed by atoms with Crippen LogP contribution in [0.5, 0.6) is 0 Å². The molecule has 0 aliphatic heterocycles. The first-order valence-electron chi connectivity index (χ1n) is 10.0. The van der Waals surface area contributed by atoms with Gasteiger partial charge in [0.1, 0.15) is 11.3 Å². The average molecular weight is 427 g/mol. The van der Waals surface area contributed by atoms with Gasteiger partial charge in [0.2, 0.25) is 0 Å². The van der Waals surface area contributed by atoms with Gasteiger partial charge >= 0.3 is 5.97 Å². The van der Waals surface area contributed by atoms with Gasteiger partial charge in [-0.05, 0) is 55.3 Å². The number of fused-ring (bicyclic) bond motifs is 1. The normalized spacial score (nSPS) is 10.7. The van der Waals surface area contributed by atoms with Gasteiger partial charge < -0.3 is 14.5 Å². The summed E-state index contributed by atoms with van der Waals surface area (Å²) in [5.74, 6) is -0.482. The van der Waals surface area contributed by atoms with Gasteiger partial charge in [0.25, 0.3) is 5.91 Å². The third-order valence-electron chi connectivity index (χ3n) is 5.17. The number of rotatable bonds is 4. The van der Waals surface area contributed by atoms with Crippen LogP contribution in [-0.2, 0) is 4.74 Å². The first kappa shape index (κ1) is 21.1. The first-order chi connectivity index (χ1) is 15.4. The third kappa shape index (κ3) is 4.03. The number of hydrogen-bond donors (Lipinski definition) is 1. The minimum absolute atomic E-state index is 0.116. The van der Waals surface area contributed by atoms with E-state index in [9.17, 15) is 14.4 Å². The lowest BCUT2D eigenvalue weighted by atomic mass is 10.1. The van der Waals surface area contributed by atoms with Gasteiger partial charge in [0.15, 0.2) is 5.43 Å². The molecule has 4 aromatic rings. The second-order valence-electron chi connectivity index (χ2n) is 7.50. The molecule has 4 rings (SSSR count). The van der Waals surface area contributed by atoms with Crippen molar-refractivity contribution in [1.29, 1.82) is 0 Å². The second kappa shape index (κ2) is 8.51. The molecule has 0 aliphatic rings. The van der Waals surface area contributed by atoms with E-state index in [0.29, 0.717) is 33.5 Å². The van der Waals surface area contributed by atoms with Crippen molar-refractivity contribution in [2.24, 2.45) is 0 Å². The molecule has 1 heterocycles. The number of ether oxygens (including phenoxy) is 1. The topological polar surface area (TPSA) is 85.6 Å². The lowest BCUT2D eigenvalue weighted by molar-refractivity contribution is 0.0602. The van der Waals surface area contributed by atoms with E-state index in [1.54, 1.807) is 48.5 Å². The van der Waals surface area contributed by atoms with Gasteiger partial charge in [0.05, 0.1) is 23.7 Å².